The minimum Gasteiger partial charge on any atom is -0.481 e. The smallest absolute Gasteiger partial charge is 0.303 e. The van der Waals surface area contributed by atoms with Crippen molar-refractivity contribution in [3.8, 4) is 0 Å². The van der Waals surface area contributed by atoms with Crippen LogP contribution >= 0.6 is 0 Å². The fourth-order valence-corrected chi connectivity index (χ4v) is 0.802. The number of hydrazine groups is 1. The van der Waals surface area contributed by atoms with Crippen LogP contribution in [0.3, 0.4) is 0 Å². The van der Waals surface area contributed by atoms with Gasteiger partial charge in [-0.2, -0.15) is 0 Å². The highest BCUT2D eigenvalue weighted by Crippen LogP contribution is 1.98. The molecule has 0 spiro atoms. The molecule has 0 aliphatic carbocycles. The third kappa shape index (κ3) is 23.0. The number of carboxylic acids is 2. The molecule has 0 aromatic rings. The zero-order valence-electron chi connectivity index (χ0n) is 9.95. The molecular formula is C10H22N2O4. The van der Waals surface area contributed by atoms with Gasteiger partial charge >= 0.3 is 11.9 Å². The molecule has 0 unspecified atom stereocenters. The van der Waals surface area contributed by atoms with Crippen molar-refractivity contribution in [1.82, 2.24) is 10.9 Å². The first kappa shape index (κ1) is 17.3. The zero-order chi connectivity index (χ0) is 12.8. The second-order valence-corrected chi connectivity index (χ2v) is 3.06. The zero-order valence-corrected chi connectivity index (χ0v) is 9.95. The van der Waals surface area contributed by atoms with Gasteiger partial charge < -0.3 is 10.2 Å². The highest BCUT2D eigenvalue weighted by Gasteiger charge is 1.99. The molecule has 6 heteroatoms. The average Bonchev–Trinajstić information content (AvgIpc) is 2.22. The molecule has 0 amide bonds. The number of unbranched alkanes of at least 4 members (excludes halogenated alkanes) is 1. The van der Waals surface area contributed by atoms with E-state index >= 15 is 0 Å². The molecule has 0 atom stereocenters. The molecule has 0 aliphatic rings. The van der Waals surface area contributed by atoms with E-state index in [0.29, 0.717) is 12.8 Å². The van der Waals surface area contributed by atoms with E-state index in [1.165, 1.54) is 0 Å². The summed E-state index contributed by atoms with van der Waals surface area (Å²) < 4.78 is 0. The molecule has 0 aromatic carbocycles. The topological polar surface area (TPSA) is 98.7 Å². The first-order valence-corrected chi connectivity index (χ1v) is 5.43. The maximum Gasteiger partial charge on any atom is 0.303 e. The van der Waals surface area contributed by atoms with E-state index in [1.807, 2.05) is 0 Å². The number of carboxylic acid groups (broad SMARTS) is 2. The number of hydrogen-bond donors (Lipinski definition) is 4. The van der Waals surface area contributed by atoms with Gasteiger partial charge in [-0.3, -0.25) is 20.4 Å². The van der Waals surface area contributed by atoms with E-state index in [4.69, 9.17) is 10.2 Å². The number of hydrogen-bond acceptors (Lipinski definition) is 4. The van der Waals surface area contributed by atoms with Gasteiger partial charge in [0.05, 0.1) is 0 Å². The predicted octanol–water partition coefficient (Wildman–Crippen LogP) is 0.836. The van der Waals surface area contributed by atoms with E-state index in [2.05, 4.69) is 24.7 Å². The van der Waals surface area contributed by atoms with E-state index in [-0.39, 0.29) is 12.8 Å². The Morgan fingerprint density at radius 2 is 1.19 bits per heavy atom. The van der Waals surface area contributed by atoms with Gasteiger partial charge in [0.1, 0.15) is 0 Å². The average molecular weight is 234 g/mol. The minimum atomic E-state index is -0.870. The van der Waals surface area contributed by atoms with Gasteiger partial charge in [0.2, 0.25) is 0 Å². The van der Waals surface area contributed by atoms with Crippen molar-refractivity contribution < 1.29 is 19.8 Å². The number of aliphatic carboxylic acids is 2. The second-order valence-electron chi connectivity index (χ2n) is 3.06. The Balaban J connectivity index is 0. The molecule has 0 saturated carbocycles. The quantitative estimate of drug-likeness (QED) is 0.367. The predicted molar refractivity (Wildman–Crippen MR) is 61.1 cm³/mol. The van der Waals surface area contributed by atoms with Crippen LogP contribution in [0.4, 0.5) is 0 Å². The van der Waals surface area contributed by atoms with Gasteiger partial charge in [-0.1, -0.05) is 13.8 Å². The summed E-state index contributed by atoms with van der Waals surface area (Å²) in [6.07, 6.45) is 1.02. The van der Waals surface area contributed by atoms with Crippen LogP contribution in [-0.4, -0.2) is 35.2 Å². The van der Waals surface area contributed by atoms with Crippen LogP contribution in [-0.2, 0) is 9.59 Å². The van der Waals surface area contributed by atoms with Gasteiger partial charge in [0.25, 0.3) is 0 Å². The lowest BCUT2D eigenvalue weighted by atomic mass is 10.2. The van der Waals surface area contributed by atoms with Crippen molar-refractivity contribution in [2.75, 3.05) is 13.1 Å². The SMILES string of the molecule is CCNNCC.O=C(O)CCCCC(=O)O. The Morgan fingerprint density at radius 3 is 1.38 bits per heavy atom. The third-order valence-electron chi connectivity index (χ3n) is 1.51. The van der Waals surface area contributed by atoms with Gasteiger partial charge in [-0.25, -0.2) is 0 Å². The highest BCUT2D eigenvalue weighted by molar-refractivity contribution is 5.67. The van der Waals surface area contributed by atoms with E-state index in [1.54, 1.807) is 0 Å². The van der Waals surface area contributed by atoms with Crippen molar-refractivity contribution >= 4 is 11.9 Å². The molecule has 0 heterocycles. The van der Waals surface area contributed by atoms with E-state index in [9.17, 15) is 9.59 Å². The van der Waals surface area contributed by atoms with Gasteiger partial charge in [0.15, 0.2) is 0 Å². The van der Waals surface area contributed by atoms with E-state index < -0.39 is 11.9 Å². The van der Waals surface area contributed by atoms with Crippen LogP contribution in [0.5, 0.6) is 0 Å². The third-order valence-corrected chi connectivity index (χ3v) is 1.51. The monoisotopic (exact) mass is 234 g/mol. The standard InChI is InChI=1S/C6H10O4.C4H12N2/c7-5(8)3-1-2-4-6(9)10;1-3-5-6-4-2/h1-4H2,(H,7,8)(H,9,10);5-6H,3-4H2,1-2H3. The summed E-state index contributed by atoms with van der Waals surface area (Å²) in [7, 11) is 0. The summed E-state index contributed by atoms with van der Waals surface area (Å²) >= 11 is 0. The summed E-state index contributed by atoms with van der Waals surface area (Å²) in [5, 5.41) is 16.3. The van der Waals surface area contributed by atoms with Crippen molar-refractivity contribution in [3.63, 3.8) is 0 Å². The molecule has 4 N–H and O–H groups in total. The molecule has 96 valence electrons. The van der Waals surface area contributed by atoms with Gasteiger partial charge in [-0.05, 0) is 12.8 Å². The molecule has 6 nitrogen and oxygen atoms in total. The number of rotatable bonds is 8. The summed E-state index contributed by atoms with van der Waals surface area (Å²) in [5.74, 6) is -1.74. The lowest BCUT2D eigenvalue weighted by Crippen LogP contribution is -2.30. The Kier molecular flexibility index (Phi) is 15.0. The van der Waals surface area contributed by atoms with Crippen LogP contribution in [0, 0.1) is 0 Å². The molecule has 0 rings (SSSR count). The van der Waals surface area contributed by atoms with Crippen molar-refractivity contribution in [1.29, 1.82) is 0 Å². The molecule has 0 aliphatic heterocycles. The molecule has 0 saturated heterocycles. The van der Waals surface area contributed by atoms with E-state index in [0.717, 1.165) is 13.1 Å². The molecule has 16 heavy (non-hydrogen) atoms. The van der Waals surface area contributed by atoms with Crippen LogP contribution in [0.2, 0.25) is 0 Å². The van der Waals surface area contributed by atoms with Crippen molar-refractivity contribution in [2.45, 2.75) is 39.5 Å². The second kappa shape index (κ2) is 13.9. The lowest BCUT2D eigenvalue weighted by molar-refractivity contribution is -0.139. The highest BCUT2D eigenvalue weighted by atomic mass is 16.4. The maximum atomic E-state index is 9.90. The van der Waals surface area contributed by atoms with Crippen LogP contribution in [0.1, 0.15) is 39.5 Å². The van der Waals surface area contributed by atoms with Gasteiger partial charge in [0, 0.05) is 25.9 Å². The number of nitrogens with one attached hydrogen (secondary N) is 2. The molecule has 0 radical (unpaired) electrons. The van der Waals surface area contributed by atoms with Crippen LogP contribution in [0.25, 0.3) is 0 Å². The Hall–Kier alpha value is -1.14. The van der Waals surface area contributed by atoms with Crippen molar-refractivity contribution in [2.24, 2.45) is 0 Å². The normalized spacial score (nSPS) is 9.12. The summed E-state index contributed by atoms with van der Waals surface area (Å²) in [6.45, 7) is 6.10. The fraction of sp³-hybridized carbons (Fsp3) is 0.800. The van der Waals surface area contributed by atoms with Crippen LogP contribution < -0.4 is 10.9 Å². The maximum absolute atomic E-state index is 9.90. The minimum absolute atomic E-state index is 0.0628. The molecule has 0 aromatic heterocycles. The summed E-state index contributed by atoms with van der Waals surface area (Å²) in [6, 6.07) is 0. The first-order valence-electron chi connectivity index (χ1n) is 5.43. The van der Waals surface area contributed by atoms with Gasteiger partial charge in [-0.15, -0.1) is 0 Å². The summed E-state index contributed by atoms with van der Waals surface area (Å²) in [4.78, 5) is 19.8. The molecular weight excluding hydrogens is 212 g/mol. The fourth-order valence-electron chi connectivity index (χ4n) is 0.802. The Bertz CT molecular complexity index is 166. The molecule has 0 fully saturated rings. The lowest BCUT2D eigenvalue weighted by Gasteiger charge is -1.95. The Labute approximate surface area is 96.0 Å². The Morgan fingerprint density at radius 1 is 0.875 bits per heavy atom. The first-order chi connectivity index (χ1) is 7.54. The largest absolute Gasteiger partial charge is 0.481 e. The molecule has 0 bridgehead atoms. The van der Waals surface area contributed by atoms with Crippen molar-refractivity contribution in [3.05, 3.63) is 0 Å². The van der Waals surface area contributed by atoms with Crippen LogP contribution in [0.15, 0.2) is 0 Å². The summed E-state index contributed by atoms with van der Waals surface area (Å²) in [5.41, 5.74) is 5.90. The number of carbonyl (C=O) groups is 2.